The number of benzene rings is 1. The summed E-state index contributed by atoms with van der Waals surface area (Å²) in [6.45, 7) is 0.0547. The molecule has 0 atom stereocenters. The molecule has 0 bridgehead atoms. The third-order valence-electron chi connectivity index (χ3n) is 3.74. The number of hydrogen-bond donors (Lipinski definition) is 0. The standard InChI is InChI=1S/C17H12BrF3N2O2/c1-25-15-8-14-11(6-13(15)18)12(17(19,20)21)7-16(24)23(14)9-10-4-2-3-5-22-10/h2-8H,9H2,1H3. The minimum Gasteiger partial charge on any atom is -0.495 e. The Labute approximate surface area is 149 Å². The highest BCUT2D eigenvalue weighted by molar-refractivity contribution is 9.10. The normalized spacial score (nSPS) is 11.7. The van der Waals surface area contributed by atoms with Crippen molar-refractivity contribution in [1.82, 2.24) is 9.55 Å². The molecule has 25 heavy (non-hydrogen) atoms. The van der Waals surface area contributed by atoms with Crippen molar-refractivity contribution in [3.63, 3.8) is 0 Å². The smallest absolute Gasteiger partial charge is 0.417 e. The van der Waals surface area contributed by atoms with E-state index in [-0.39, 0.29) is 17.4 Å². The Hall–Kier alpha value is -2.35. The van der Waals surface area contributed by atoms with E-state index in [1.54, 1.807) is 24.4 Å². The lowest BCUT2D eigenvalue weighted by atomic mass is 10.1. The molecule has 130 valence electrons. The summed E-state index contributed by atoms with van der Waals surface area (Å²) in [5.41, 5.74) is -1.04. The van der Waals surface area contributed by atoms with Gasteiger partial charge in [-0.15, -0.1) is 0 Å². The van der Waals surface area contributed by atoms with Gasteiger partial charge >= 0.3 is 6.18 Å². The fourth-order valence-corrected chi connectivity index (χ4v) is 3.09. The molecule has 4 nitrogen and oxygen atoms in total. The number of alkyl halides is 3. The zero-order chi connectivity index (χ0) is 18.2. The van der Waals surface area contributed by atoms with Crippen LogP contribution in [0, 0.1) is 0 Å². The Kier molecular flexibility index (Phi) is 4.55. The molecule has 0 amide bonds. The second kappa shape index (κ2) is 6.51. The Bertz CT molecular complexity index is 985. The lowest BCUT2D eigenvalue weighted by Gasteiger charge is -2.16. The van der Waals surface area contributed by atoms with Crippen LogP contribution in [-0.2, 0) is 12.7 Å². The highest BCUT2D eigenvalue weighted by atomic mass is 79.9. The molecule has 0 radical (unpaired) electrons. The van der Waals surface area contributed by atoms with Gasteiger partial charge < -0.3 is 9.30 Å². The molecule has 8 heteroatoms. The number of rotatable bonds is 3. The minimum atomic E-state index is -4.64. The molecule has 0 aliphatic rings. The summed E-state index contributed by atoms with van der Waals surface area (Å²) in [7, 11) is 1.40. The van der Waals surface area contributed by atoms with Crippen molar-refractivity contribution in [3.8, 4) is 5.75 Å². The fraction of sp³-hybridized carbons (Fsp3) is 0.176. The molecule has 0 fully saturated rings. The fourth-order valence-electron chi connectivity index (χ4n) is 2.59. The van der Waals surface area contributed by atoms with E-state index in [0.29, 0.717) is 22.0 Å². The molecule has 0 saturated carbocycles. The van der Waals surface area contributed by atoms with Gasteiger partial charge in [0.15, 0.2) is 0 Å². The highest BCUT2D eigenvalue weighted by Gasteiger charge is 2.34. The van der Waals surface area contributed by atoms with E-state index >= 15 is 0 Å². The zero-order valence-corrected chi connectivity index (χ0v) is 14.6. The maximum Gasteiger partial charge on any atom is 0.417 e. The van der Waals surface area contributed by atoms with Gasteiger partial charge in [0, 0.05) is 23.7 Å². The molecule has 0 N–H and O–H groups in total. The van der Waals surface area contributed by atoms with Gasteiger partial charge in [-0.3, -0.25) is 9.78 Å². The second-order valence-corrected chi connectivity index (χ2v) is 6.16. The number of pyridine rings is 2. The monoisotopic (exact) mass is 412 g/mol. The average molecular weight is 413 g/mol. The number of halogens is 4. The Morgan fingerprint density at radius 2 is 2.00 bits per heavy atom. The average Bonchev–Trinajstić information content (AvgIpc) is 2.56. The number of ether oxygens (including phenoxy) is 1. The van der Waals surface area contributed by atoms with Crippen molar-refractivity contribution in [2.45, 2.75) is 12.7 Å². The number of methoxy groups -OCH3 is 1. The van der Waals surface area contributed by atoms with Gasteiger partial charge in [-0.2, -0.15) is 13.2 Å². The van der Waals surface area contributed by atoms with Crippen LogP contribution < -0.4 is 10.3 Å². The summed E-state index contributed by atoms with van der Waals surface area (Å²) >= 11 is 3.20. The molecule has 1 aromatic carbocycles. The molecular weight excluding hydrogens is 401 g/mol. The van der Waals surface area contributed by atoms with Crippen LogP contribution in [0.1, 0.15) is 11.3 Å². The van der Waals surface area contributed by atoms with Gasteiger partial charge in [-0.25, -0.2) is 0 Å². The number of fused-ring (bicyclic) bond motifs is 1. The van der Waals surface area contributed by atoms with Gasteiger partial charge in [0.2, 0.25) is 0 Å². The van der Waals surface area contributed by atoms with Crippen LogP contribution in [0.25, 0.3) is 10.9 Å². The molecule has 0 unspecified atom stereocenters. The third-order valence-corrected chi connectivity index (χ3v) is 4.36. The quantitative estimate of drug-likeness (QED) is 0.646. The molecule has 0 aliphatic heterocycles. The lowest BCUT2D eigenvalue weighted by Crippen LogP contribution is -2.24. The molecule has 2 heterocycles. The van der Waals surface area contributed by atoms with Crippen LogP contribution in [0.2, 0.25) is 0 Å². The maximum atomic E-state index is 13.4. The van der Waals surface area contributed by atoms with Gasteiger partial charge in [-0.1, -0.05) is 6.07 Å². The van der Waals surface area contributed by atoms with E-state index in [4.69, 9.17) is 4.74 Å². The lowest BCUT2D eigenvalue weighted by molar-refractivity contribution is -0.136. The van der Waals surface area contributed by atoms with Gasteiger partial charge in [0.05, 0.1) is 34.9 Å². The van der Waals surface area contributed by atoms with E-state index in [2.05, 4.69) is 20.9 Å². The van der Waals surface area contributed by atoms with Crippen LogP contribution in [0.15, 0.2) is 51.9 Å². The Morgan fingerprint density at radius 1 is 1.24 bits per heavy atom. The zero-order valence-electron chi connectivity index (χ0n) is 13.0. The number of aromatic nitrogens is 2. The second-order valence-electron chi connectivity index (χ2n) is 5.31. The summed E-state index contributed by atoms with van der Waals surface area (Å²) in [6.07, 6.45) is -3.08. The summed E-state index contributed by atoms with van der Waals surface area (Å²) in [5.74, 6) is 0.334. The van der Waals surface area contributed by atoms with Crippen molar-refractivity contribution in [3.05, 3.63) is 68.7 Å². The summed E-state index contributed by atoms with van der Waals surface area (Å²) in [5, 5.41) is -0.0873. The van der Waals surface area contributed by atoms with E-state index in [1.165, 1.54) is 23.8 Å². The highest BCUT2D eigenvalue weighted by Crippen LogP contribution is 2.37. The first-order valence-electron chi connectivity index (χ1n) is 7.19. The van der Waals surface area contributed by atoms with Crippen molar-refractivity contribution in [2.75, 3.05) is 7.11 Å². The first kappa shape index (κ1) is 17.5. The van der Waals surface area contributed by atoms with E-state index < -0.39 is 17.3 Å². The van der Waals surface area contributed by atoms with Gasteiger partial charge in [-0.05, 0) is 34.1 Å². The summed E-state index contributed by atoms with van der Waals surface area (Å²) in [6, 6.07) is 8.51. The predicted molar refractivity (Wildman–Crippen MR) is 90.8 cm³/mol. The maximum absolute atomic E-state index is 13.4. The largest absolute Gasteiger partial charge is 0.495 e. The molecule has 3 aromatic rings. The molecule has 2 aromatic heterocycles. The van der Waals surface area contributed by atoms with Crippen molar-refractivity contribution < 1.29 is 17.9 Å². The van der Waals surface area contributed by atoms with Crippen molar-refractivity contribution >= 4 is 26.8 Å². The van der Waals surface area contributed by atoms with Crippen LogP contribution in [0.4, 0.5) is 13.2 Å². The Balaban J connectivity index is 2.33. The predicted octanol–water partition coefficient (Wildman–Crippen LogP) is 4.23. The van der Waals surface area contributed by atoms with Crippen LogP contribution in [0.3, 0.4) is 0 Å². The third kappa shape index (κ3) is 3.39. The molecule has 3 rings (SSSR count). The topological polar surface area (TPSA) is 44.1 Å². The SMILES string of the molecule is COc1cc2c(cc1Br)c(C(F)(F)F)cc(=O)n2Cc1ccccn1. The van der Waals surface area contributed by atoms with Crippen molar-refractivity contribution in [1.29, 1.82) is 0 Å². The summed E-state index contributed by atoms with van der Waals surface area (Å²) in [4.78, 5) is 16.5. The van der Waals surface area contributed by atoms with Crippen LogP contribution >= 0.6 is 15.9 Å². The van der Waals surface area contributed by atoms with Gasteiger partial charge in [0.25, 0.3) is 5.56 Å². The summed E-state index contributed by atoms with van der Waals surface area (Å²) < 4.78 is 46.9. The molecule has 0 saturated heterocycles. The number of nitrogens with zero attached hydrogens (tertiary/aromatic N) is 2. The van der Waals surface area contributed by atoms with Gasteiger partial charge in [0.1, 0.15) is 5.75 Å². The van der Waals surface area contributed by atoms with Crippen LogP contribution in [0.5, 0.6) is 5.75 Å². The van der Waals surface area contributed by atoms with E-state index in [1.807, 2.05) is 0 Å². The van der Waals surface area contributed by atoms with Crippen LogP contribution in [-0.4, -0.2) is 16.7 Å². The van der Waals surface area contributed by atoms with E-state index in [0.717, 1.165) is 0 Å². The Morgan fingerprint density at radius 3 is 2.60 bits per heavy atom. The molecule has 0 aliphatic carbocycles. The first-order valence-corrected chi connectivity index (χ1v) is 7.98. The molecular formula is C17H12BrF3N2O2. The molecule has 0 spiro atoms. The first-order chi connectivity index (χ1) is 11.8. The minimum absolute atomic E-state index is 0.0547. The van der Waals surface area contributed by atoms with E-state index in [9.17, 15) is 18.0 Å². The number of hydrogen-bond acceptors (Lipinski definition) is 3. The van der Waals surface area contributed by atoms with Crippen molar-refractivity contribution in [2.24, 2.45) is 0 Å².